The summed E-state index contributed by atoms with van der Waals surface area (Å²) in [6, 6.07) is 16.9. The number of carbonyl (C=O) groups is 2. The number of hydrogen-bond acceptors (Lipinski definition) is 3. The van der Waals surface area contributed by atoms with E-state index in [1.165, 1.54) is 11.0 Å². The lowest BCUT2D eigenvalue weighted by molar-refractivity contribution is -0.120. The maximum absolute atomic E-state index is 14.5. The van der Waals surface area contributed by atoms with Gasteiger partial charge in [0.15, 0.2) is 0 Å². The highest BCUT2D eigenvalue weighted by Gasteiger charge is 2.28. The second kappa shape index (κ2) is 8.93. The summed E-state index contributed by atoms with van der Waals surface area (Å²) in [5.74, 6) is -1.16. The molecule has 0 fully saturated rings. The molecule has 0 aliphatic carbocycles. The van der Waals surface area contributed by atoms with Crippen LogP contribution in [-0.2, 0) is 9.59 Å². The van der Waals surface area contributed by atoms with E-state index in [1.807, 2.05) is 32.0 Å². The average Bonchev–Trinajstić information content (AvgIpc) is 2.87. The van der Waals surface area contributed by atoms with Crippen molar-refractivity contribution in [2.24, 2.45) is 4.99 Å². The Morgan fingerprint density at radius 1 is 1.09 bits per heavy atom. The number of benzodiazepines with no additional fused rings is 1. The molecule has 1 N–H and O–H groups in total. The van der Waals surface area contributed by atoms with E-state index >= 15 is 0 Å². The molecule has 0 saturated heterocycles. The predicted octanol–water partition coefficient (Wildman–Crippen LogP) is 4.92. The Kier molecular flexibility index (Phi) is 6.06. The lowest BCUT2D eigenvalue weighted by Crippen LogP contribution is -2.39. The van der Waals surface area contributed by atoms with Crippen molar-refractivity contribution in [1.82, 2.24) is 0 Å². The van der Waals surface area contributed by atoms with E-state index in [-0.39, 0.29) is 30.5 Å². The first kappa shape index (κ1) is 21.7. The number of carbonyl (C=O) groups excluding carboxylic acids is 2. The molecule has 4 rings (SSSR count). The summed E-state index contributed by atoms with van der Waals surface area (Å²) >= 11 is 6.22. The summed E-state index contributed by atoms with van der Waals surface area (Å²) in [6.07, 6.45) is 0. The van der Waals surface area contributed by atoms with Gasteiger partial charge in [-0.1, -0.05) is 41.4 Å². The minimum absolute atomic E-state index is 0.207. The van der Waals surface area contributed by atoms with Gasteiger partial charge in [-0.15, -0.1) is 0 Å². The molecule has 0 radical (unpaired) electrons. The standard InChI is InChI=1S/C25H21ClFN3O2/c1-15-7-9-21(16(2)11-15)29-23(31)14-30-22-10-8-17(26)12-19(22)25(28-13-24(30)32)18-5-3-4-6-20(18)27/h3-12H,13-14H2,1-2H3,(H,29,31). The van der Waals surface area contributed by atoms with Crippen LogP contribution in [0.25, 0.3) is 0 Å². The van der Waals surface area contributed by atoms with Crippen LogP contribution in [0.1, 0.15) is 22.3 Å². The highest BCUT2D eigenvalue weighted by Crippen LogP contribution is 2.30. The monoisotopic (exact) mass is 449 g/mol. The number of aryl methyl sites for hydroxylation is 2. The van der Waals surface area contributed by atoms with Crippen LogP contribution in [0.2, 0.25) is 5.02 Å². The summed E-state index contributed by atoms with van der Waals surface area (Å²) < 4.78 is 14.5. The summed E-state index contributed by atoms with van der Waals surface area (Å²) in [6.45, 7) is 3.46. The smallest absolute Gasteiger partial charge is 0.249 e. The molecule has 1 aliphatic rings. The number of benzene rings is 3. The van der Waals surface area contributed by atoms with Crippen molar-refractivity contribution in [3.05, 3.63) is 93.8 Å². The average molecular weight is 450 g/mol. The van der Waals surface area contributed by atoms with Gasteiger partial charge in [0.2, 0.25) is 11.8 Å². The number of hydrogen-bond donors (Lipinski definition) is 1. The summed E-state index contributed by atoms with van der Waals surface area (Å²) in [7, 11) is 0. The number of halogens is 2. The molecule has 32 heavy (non-hydrogen) atoms. The van der Waals surface area contributed by atoms with E-state index in [0.29, 0.717) is 27.7 Å². The molecule has 0 unspecified atom stereocenters. The van der Waals surface area contributed by atoms with Crippen LogP contribution in [0.15, 0.2) is 65.7 Å². The van der Waals surface area contributed by atoms with Crippen LogP contribution >= 0.6 is 11.6 Å². The number of aliphatic imine (C=N–C) groups is 1. The Balaban J connectivity index is 1.69. The third-order valence-corrected chi connectivity index (χ3v) is 5.50. The van der Waals surface area contributed by atoms with Crippen LogP contribution in [0.3, 0.4) is 0 Å². The first-order chi connectivity index (χ1) is 15.3. The molecule has 0 atom stereocenters. The highest BCUT2D eigenvalue weighted by atomic mass is 35.5. The Morgan fingerprint density at radius 3 is 2.62 bits per heavy atom. The molecule has 1 aliphatic heterocycles. The molecule has 7 heteroatoms. The minimum atomic E-state index is -0.453. The lowest BCUT2D eigenvalue weighted by atomic mass is 9.99. The Labute approximate surface area is 190 Å². The first-order valence-electron chi connectivity index (χ1n) is 10.1. The second-order valence-corrected chi connectivity index (χ2v) is 8.09. The van der Waals surface area contributed by atoms with Crippen molar-refractivity contribution in [2.45, 2.75) is 13.8 Å². The Morgan fingerprint density at radius 2 is 1.88 bits per heavy atom. The second-order valence-electron chi connectivity index (χ2n) is 7.65. The maximum Gasteiger partial charge on any atom is 0.249 e. The minimum Gasteiger partial charge on any atom is -0.324 e. The van der Waals surface area contributed by atoms with Gasteiger partial charge < -0.3 is 10.2 Å². The number of rotatable bonds is 4. The zero-order chi connectivity index (χ0) is 22.8. The molecular formula is C25H21ClFN3O2. The van der Waals surface area contributed by atoms with Crippen molar-refractivity contribution in [2.75, 3.05) is 23.3 Å². The fourth-order valence-electron chi connectivity index (χ4n) is 3.73. The number of nitrogens with one attached hydrogen (secondary N) is 1. The number of nitrogens with zero attached hydrogens (tertiary/aromatic N) is 2. The van der Waals surface area contributed by atoms with E-state index in [0.717, 1.165) is 11.1 Å². The Hall–Kier alpha value is -3.51. The zero-order valence-electron chi connectivity index (χ0n) is 17.7. The van der Waals surface area contributed by atoms with Crippen molar-refractivity contribution < 1.29 is 14.0 Å². The van der Waals surface area contributed by atoms with Gasteiger partial charge in [-0.2, -0.15) is 0 Å². The number of amides is 2. The van der Waals surface area contributed by atoms with Crippen molar-refractivity contribution in [1.29, 1.82) is 0 Å². The van der Waals surface area contributed by atoms with Crippen molar-refractivity contribution in [3.63, 3.8) is 0 Å². The molecule has 0 spiro atoms. The van der Waals surface area contributed by atoms with Gasteiger partial charge in [-0.05, 0) is 55.8 Å². The number of anilines is 2. The fraction of sp³-hybridized carbons (Fsp3) is 0.160. The molecule has 5 nitrogen and oxygen atoms in total. The van der Waals surface area contributed by atoms with E-state index in [4.69, 9.17) is 11.6 Å². The SMILES string of the molecule is Cc1ccc(NC(=O)CN2C(=O)CN=C(c3ccccc3F)c3cc(Cl)ccc32)c(C)c1. The molecule has 3 aromatic carbocycles. The van der Waals surface area contributed by atoms with Crippen molar-refractivity contribution >= 4 is 40.5 Å². The van der Waals surface area contributed by atoms with Gasteiger partial charge in [0.25, 0.3) is 0 Å². The van der Waals surface area contributed by atoms with Crippen LogP contribution in [-0.4, -0.2) is 30.6 Å². The van der Waals surface area contributed by atoms with E-state index in [9.17, 15) is 14.0 Å². The molecule has 2 amide bonds. The molecule has 162 valence electrons. The quantitative estimate of drug-likeness (QED) is 0.614. The summed E-state index contributed by atoms with van der Waals surface area (Å²) in [5, 5.41) is 3.28. The predicted molar refractivity (Wildman–Crippen MR) is 125 cm³/mol. The Bertz CT molecular complexity index is 1260. The van der Waals surface area contributed by atoms with Crippen molar-refractivity contribution in [3.8, 4) is 0 Å². The first-order valence-corrected chi connectivity index (χ1v) is 10.5. The largest absolute Gasteiger partial charge is 0.324 e. The topological polar surface area (TPSA) is 61.8 Å². The summed E-state index contributed by atoms with van der Waals surface area (Å²) in [5.41, 5.74) is 4.24. The van der Waals surface area contributed by atoms with Gasteiger partial charge in [-0.25, -0.2) is 4.39 Å². The molecular weight excluding hydrogens is 429 g/mol. The van der Waals surface area contributed by atoms with Crippen LogP contribution < -0.4 is 10.2 Å². The molecule has 0 bridgehead atoms. The molecule has 0 saturated carbocycles. The molecule has 3 aromatic rings. The maximum atomic E-state index is 14.5. The normalized spacial score (nSPS) is 13.3. The van der Waals surface area contributed by atoms with Gasteiger partial charge in [0, 0.05) is 21.8 Å². The third-order valence-electron chi connectivity index (χ3n) is 5.26. The van der Waals surface area contributed by atoms with Gasteiger partial charge in [0.05, 0.1) is 11.4 Å². The molecule has 1 heterocycles. The van der Waals surface area contributed by atoms with Crippen LogP contribution in [0.4, 0.5) is 15.8 Å². The zero-order valence-corrected chi connectivity index (χ0v) is 18.4. The van der Waals surface area contributed by atoms with E-state index in [2.05, 4.69) is 10.3 Å². The van der Waals surface area contributed by atoms with Crippen LogP contribution in [0.5, 0.6) is 0 Å². The number of fused-ring (bicyclic) bond motifs is 1. The highest BCUT2D eigenvalue weighted by molar-refractivity contribution is 6.32. The molecule has 0 aromatic heterocycles. The summed E-state index contributed by atoms with van der Waals surface area (Å²) in [4.78, 5) is 31.5. The third kappa shape index (κ3) is 4.41. The van der Waals surface area contributed by atoms with Gasteiger partial charge in [-0.3, -0.25) is 14.6 Å². The van der Waals surface area contributed by atoms with Crippen LogP contribution in [0, 0.1) is 19.7 Å². The van der Waals surface area contributed by atoms with E-state index < -0.39 is 5.82 Å². The van der Waals surface area contributed by atoms with E-state index in [1.54, 1.807) is 36.4 Å². The van der Waals surface area contributed by atoms with Gasteiger partial charge >= 0.3 is 0 Å². The van der Waals surface area contributed by atoms with Gasteiger partial charge in [0.1, 0.15) is 18.9 Å². The fourth-order valence-corrected chi connectivity index (χ4v) is 3.90. The lowest BCUT2D eigenvalue weighted by Gasteiger charge is -2.23.